The van der Waals surface area contributed by atoms with Crippen LogP contribution in [0.15, 0.2) is 47.6 Å². The number of fused-ring (bicyclic) bond motifs is 1. The monoisotopic (exact) mass is 456 g/mol. The summed E-state index contributed by atoms with van der Waals surface area (Å²) in [5, 5.41) is 21.4. The van der Waals surface area contributed by atoms with Gasteiger partial charge in [-0.25, -0.2) is 9.59 Å². The fourth-order valence-corrected chi connectivity index (χ4v) is 5.42. The highest BCUT2D eigenvalue weighted by molar-refractivity contribution is 5.89. The van der Waals surface area contributed by atoms with Crippen molar-refractivity contribution >= 4 is 11.9 Å². The second kappa shape index (κ2) is 9.34. The van der Waals surface area contributed by atoms with Crippen LogP contribution in [0.2, 0.25) is 0 Å². The number of carbonyl (C=O) groups excluding carboxylic acids is 2. The van der Waals surface area contributed by atoms with Crippen LogP contribution in [-0.4, -0.2) is 40.0 Å². The van der Waals surface area contributed by atoms with Gasteiger partial charge in [0.1, 0.15) is 18.0 Å². The summed E-state index contributed by atoms with van der Waals surface area (Å²) >= 11 is 0. The van der Waals surface area contributed by atoms with Gasteiger partial charge in [-0.15, -0.1) is 0 Å². The molecule has 1 aromatic rings. The Morgan fingerprint density at radius 3 is 2.36 bits per heavy atom. The van der Waals surface area contributed by atoms with Gasteiger partial charge in [-0.1, -0.05) is 32.4 Å². The molecule has 1 aromatic carbocycles. The summed E-state index contributed by atoms with van der Waals surface area (Å²) in [5.74, 6) is -1.33. The molecule has 1 fully saturated rings. The van der Waals surface area contributed by atoms with Crippen molar-refractivity contribution in [1.29, 1.82) is 0 Å². The quantitative estimate of drug-likeness (QED) is 0.370. The van der Waals surface area contributed by atoms with E-state index in [4.69, 9.17) is 9.47 Å². The summed E-state index contributed by atoms with van der Waals surface area (Å²) in [7, 11) is 0. The van der Waals surface area contributed by atoms with Crippen LogP contribution in [0.1, 0.15) is 71.2 Å². The van der Waals surface area contributed by atoms with Crippen LogP contribution in [0.3, 0.4) is 0 Å². The highest BCUT2D eigenvalue weighted by atomic mass is 16.6. The maximum atomic E-state index is 13.0. The average molecular weight is 457 g/mol. The molecule has 0 saturated heterocycles. The van der Waals surface area contributed by atoms with E-state index in [0.717, 1.165) is 5.57 Å². The van der Waals surface area contributed by atoms with Crippen LogP contribution in [-0.2, 0) is 14.3 Å². The lowest BCUT2D eigenvalue weighted by molar-refractivity contribution is -0.159. The Hall–Kier alpha value is -2.60. The van der Waals surface area contributed by atoms with Crippen molar-refractivity contribution in [2.24, 2.45) is 17.3 Å². The zero-order valence-corrected chi connectivity index (χ0v) is 20.4. The summed E-state index contributed by atoms with van der Waals surface area (Å²) in [5.41, 5.74) is 0.112. The number of aliphatic hydroxyl groups is 1. The SMILES string of the molecule is C/C=C(/C)C(=O)O[C@H]1C=C(C)C[C@H](OC(=O)c2ccc(O)cc2)[C@@H]2[C@]1(C)CC[C@@]2(O)C(C)C. The van der Waals surface area contributed by atoms with E-state index < -0.39 is 35.1 Å². The van der Waals surface area contributed by atoms with Gasteiger partial charge in [-0.2, -0.15) is 0 Å². The molecular formula is C27H36O6. The fourth-order valence-electron chi connectivity index (χ4n) is 5.42. The molecule has 6 heteroatoms. The van der Waals surface area contributed by atoms with Gasteiger partial charge in [0, 0.05) is 23.3 Å². The highest BCUT2D eigenvalue weighted by Crippen LogP contribution is 2.58. The molecule has 2 N–H and O–H groups in total. The number of aromatic hydroxyl groups is 1. The van der Waals surface area contributed by atoms with E-state index in [2.05, 4.69) is 0 Å². The normalized spacial score (nSPS) is 32.1. The first-order valence-corrected chi connectivity index (χ1v) is 11.7. The lowest BCUT2D eigenvalue weighted by atomic mass is 9.66. The third-order valence-corrected chi connectivity index (χ3v) is 7.64. The van der Waals surface area contributed by atoms with Crippen molar-refractivity contribution in [3.05, 3.63) is 53.1 Å². The van der Waals surface area contributed by atoms with Crippen LogP contribution in [0.25, 0.3) is 0 Å². The molecule has 0 aromatic heterocycles. The summed E-state index contributed by atoms with van der Waals surface area (Å²) in [6.45, 7) is 11.4. The molecule has 2 aliphatic rings. The van der Waals surface area contributed by atoms with Gasteiger partial charge in [0.15, 0.2) is 0 Å². The van der Waals surface area contributed by atoms with E-state index in [9.17, 15) is 19.8 Å². The Morgan fingerprint density at radius 2 is 1.79 bits per heavy atom. The van der Waals surface area contributed by atoms with E-state index in [1.807, 2.05) is 33.8 Å². The zero-order chi connectivity index (χ0) is 24.6. The number of phenolic OH excluding ortho intramolecular Hbond substituents is 1. The molecule has 0 heterocycles. The minimum atomic E-state index is -1.08. The Balaban J connectivity index is 2.01. The van der Waals surface area contributed by atoms with Gasteiger partial charge < -0.3 is 19.7 Å². The smallest absolute Gasteiger partial charge is 0.338 e. The number of phenols is 1. The van der Waals surface area contributed by atoms with Crippen molar-refractivity contribution in [3.63, 3.8) is 0 Å². The van der Waals surface area contributed by atoms with Crippen LogP contribution in [0, 0.1) is 17.3 Å². The summed E-state index contributed by atoms with van der Waals surface area (Å²) in [4.78, 5) is 25.7. The predicted octanol–water partition coefficient (Wildman–Crippen LogP) is 4.95. The maximum Gasteiger partial charge on any atom is 0.338 e. The summed E-state index contributed by atoms with van der Waals surface area (Å²) in [6, 6.07) is 5.92. The van der Waals surface area contributed by atoms with Crippen molar-refractivity contribution in [3.8, 4) is 5.75 Å². The van der Waals surface area contributed by atoms with Gasteiger partial charge in [0.05, 0.1) is 11.2 Å². The third-order valence-electron chi connectivity index (χ3n) is 7.64. The topological polar surface area (TPSA) is 93.1 Å². The van der Waals surface area contributed by atoms with E-state index in [0.29, 0.717) is 30.4 Å². The third kappa shape index (κ3) is 4.72. The Kier molecular flexibility index (Phi) is 7.08. The summed E-state index contributed by atoms with van der Waals surface area (Å²) < 4.78 is 12.0. The Morgan fingerprint density at radius 1 is 1.15 bits per heavy atom. The van der Waals surface area contributed by atoms with Crippen LogP contribution in [0.4, 0.5) is 0 Å². The first kappa shape index (κ1) is 25.0. The Labute approximate surface area is 196 Å². The molecule has 5 atom stereocenters. The molecule has 0 bridgehead atoms. The standard InChI is InChI=1S/C27H36O6/c1-7-18(5)24(29)33-22-15-17(4)14-21(32-25(30)19-8-10-20(28)11-9-19)23-26(22,6)12-13-27(23,31)16(2)3/h7-11,15-16,21-23,28,31H,12-14H2,1-6H3/b18-7-/t21-,22-,23+,26+,27+/m0/s1. The molecule has 2 aliphatic carbocycles. The van der Waals surface area contributed by atoms with Crippen LogP contribution in [0.5, 0.6) is 5.75 Å². The van der Waals surface area contributed by atoms with Crippen molar-refractivity contribution in [2.75, 3.05) is 0 Å². The fraction of sp³-hybridized carbons (Fsp3) is 0.556. The lowest BCUT2D eigenvalue weighted by Crippen LogP contribution is -2.53. The number of esters is 2. The maximum absolute atomic E-state index is 13.0. The van der Waals surface area contributed by atoms with Crippen molar-refractivity contribution < 1.29 is 29.3 Å². The number of carbonyl (C=O) groups is 2. The number of allylic oxidation sites excluding steroid dienone is 1. The van der Waals surface area contributed by atoms with E-state index in [-0.39, 0.29) is 17.6 Å². The molecule has 3 rings (SSSR count). The average Bonchev–Trinajstić information content (AvgIpc) is 3.00. The minimum absolute atomic E-state index is 0.0680. The second-order valence-electron chi connectivity index (χ2n) is 10.1. The number of hydrogen-bond donors (Lipinski definition) is 2. The molecule has 0 unspecified atom stereocenters. The van der Waals surface area contributed by atoms with Crippen LogP contribution >= 0.6 is 0 Å². The molecule has 0 amide bonds. The van der Waals surface area contributed by atoms with Gasteiger partial charge in [0.25, 0.3) is 0 Å². The van der Waals surface area contributed by atoms with Gasteiger partial charge in [-0.05, 0) is 69.9 Å². The molecule has 1 saturated carbocycles. The summed E-state index contributed by atoms with van der Waals surface area (Å²) in [6.07, 6.45) is 4.14. The van der Waals surface area contributed by atoms with Gasteiger partial charge in [0.2, 0.25) is 0 Å². The van der Waals surface area contributed by atoms with Crippen molar-refractivity contribution in [1.82, 2.24) is 0 Å². The van der Waals surface area contributed by atoms with Gasteiger partial charge >= 0.3 is 11.9 Å². The number of hydrogen-bond acceptors (Lipinski definition) is 6. The minimum Gasteiger partial charge on any atom is -0.508 e. The van der Waals surface area contributed by atoms with E-state index >= 15 is 0 Å². The van der Waals surface area contributed by atoms with Gasteiger partial charge in [-0.3, -0.25) is 0 Å². The zero-order valence-electron chi connectivity index (χ0n) is 20.4. The molecule has 0 spiro atoms. The number of ether oxygens (including phenoxy) is 2. The number of benzene rings is 1. The Bertz CT molecular complexity index is 959. The van der Waals surface area contributed by atoms with Crippen molar-refractivity contribution in [2.45, 2.75) is 78.6 Å². The predicted molar refractivity (Wildman–Crippen MR) is 126 cm³/mol. The molecule has 0 radical (unpaired) electrons. The molecule has 0 aliphatic heterocycles. The molecule has 180 valence electrons. The lowest BCUT2D eigenvalue weighted by Gasteiger charge is -2.45. The highest BCUT2D eigenvalue weighted by Gasteiger charge is 2.63. The van der Waals surface area contributed by atoms with E-state index in [1.165, 1.54) is 24.3 Å². The first-order chi connectivity index (χ1) is 15.4. The number of rotatable bonds is 5. The first-order valence-electron chi connectivity index (χ1n) is 11.7. The largest absolute Gasteiger partial charge is 0.508 e. The molecule has 6 nitrogen and oxygen atoms in total. The second-order valence-corrected chi connectivity index (χ2v) is 10.1. The molecule has 33 heavy (non-hydrogen) atoms. The van der Waals surface area contributed by atoms with E-state index in [1.54, 1.807) is 19.9 Å². The molecular weight excluding hydrogens is 420 g/mol. The van der Waals surface area contributed by atoms with Crippen LogP contribution < -0.4 is 0 Å².